The van der Waals surface area contributed by atoms with Crippen molar-refractivity contribution in [2.75, 3.05) is 33.7 Å². The number of benzene rings is 1. The molecule has 1 aromatic carbocycles. The molecule has 1 aromatic heterocycles. The highest BCUT2D eigenvalue weighted by Crippen LogP contribution is 2.30. The summed E-state index contributed by atoms with van der Waals surface area (Å²) in [6.45, 7) is 3.69. The van der Waals surface area contributed by atoms with Crippen molar-refractivity contribution in [3.63, 3.8) is 0 Å². The molecule has 0 radical (unpaired) electrons. The number of piperazine rings is 1. The van der Waals surface area contributed by atoms with Gasteiger partial charge in [0.05, 0.1) is 17.3 Å². The molecule has 3 rings (SSSR count). The van der Waals surface area contributed by atoms with E-state index < -0.39 is 0 Å². The van der Waals surface area contributed by atoms with Crippen LogP contribution in [0.5, 0.6) is 0 Å². The van der Waals surface area contributed by atoms with Gasteiger partial charge in [-0.2, -0.15) is 0 Å². The van der Waals surface area contributed by atoms with E-state index in [1.165, 1.54) is 4.90 Å². The van der Waals surface area contributed by atoms with E-state index in [2.05, 4.69) is 10.3 Å². The van der Waals surface area contributed by atoms with Crippen LogP contribution in [-0.4, -0.2) is 60.3 Å². The Balaban J connectivity index is 1.91. The number of hydrogen-bond donors (Lipinski definition) is 1. The lowest BCUT2D eigenvalue weighted by molar-refractivity contribution is 0.0632. The van der Waals surface area contributed by atoms with Crippen LogP contribution >= 0.6 is 11.6 Å². The van der Waals surface area contributed by atoms with E-state index in [4.69, 9.17) is 11.6 Å². The zero-order valence-corrected chi connectivity index (χ0v) is 16.5. The molecule has 0 bridgehead atoms. The van der Waals surface area contributed by atoms with Crippen molar-refractivity contribution < 1.29 is 9.59 Å². The van der Waals surface area contributed by atoms with Gasteiger partial charge in [0.25, 0.3) is 11.8 Å². The predicted octanol–water partition coefficient (Wildman–Crippen LogP) is 2.53. The molecule has 7 heteroatoms. The van der Waals surface area contributed by atoms with Gasteiger partial charge in [0, 0.05) is 38.8 Å². The summed E-state index contributed by atoms with van der Waals surface area (Å²) in [7, 11) is 3.35. The average Bonchev–Trinajstić information content (AvgIpc) is 2.67. The number of pyridine rings is 1. The second-order valence-corrected chi connectivity index (χ2v) is 7.18. The van der Waals surface area contributed by atoms with Gasteiger partial charge in [0.1, 0.15) is 5.69 Å². The summed E-state index contributed by atoms with van der Waals surface area (Å²) in [4.78, 5) is 33.0. The molecular weight excluding hydrogens is 364 g/mol. The van der Waals surface area contributed by atoms with E-state index in [9.17, 15) is 9.59 Å². The number of rotatable bonds is 3. The first-order valence-corrected chi connectivity index (χ1v) is 9.23. The fourth-order valence-electron chi connectivity index (χ4n) is 3.26. The lowest BCUT2D eigenvalue weighted by atomic mass is 10.0. The smallest absolute Gasteiger partial charge is 0.271 e. The number of hydrogen-bond acceptors (Lipinski definition) is 4. The quantitative estimate of drug-likeness (QED) is 0.880. The SMILES string of the molecule is Cc1nc(C(=O)N(C)C)ccc1C(=O)N1CCNCC1c1ccccc1Cl. The third-order valence-electron chi connectivity index (χ3n) is 4.71. The van der Waals surface area contributed by atoms with Gasteiger partial charge in [-0.15, -0.1) is 0 Å². The van der Waals surface area contributed by atoms with Gasteiger partial charge in [0.15, 0.2) is 0 Å². The number of aryl methyl sites for hydroxylation is 1. The van der Waals surface area contributed by atoms with E-state index in [0.717, 1.165) is 12.1 Å². The molecule has 2 heterocycles. The minimum Gasteiger partial charge on any atom is -0.343 e. The third-order valence-corrected chi connectivity index (χ3v) is 5.05. The van der Waals surface area contributed by atoms with Gasteiger partial charge < -0.3 is 15.1 Å². The Morgan fingerprint density at radius 3 is 2.63 bits per heavy atom. The minimum absolute atomic E-state index is 0.102. The van der Waals surface area contributed by atoms with E-state index >= 15 is 0 Å². The minimum atomic E-state index is -0.187. The first-order valence-electron chi connectivity index (χ1n) is 8.85. The van der Waals surface area contributed by atoms with Crippen LogP contribution in [0.4, 0.5) is 0 Å². The van der Waals surface area contributed by atoms with Crippen LogP contribution in [0.3, 0.4) is 0 Å². The molecule has 0 spiro atoms. The highest BCUT2D eigenvalue weighted by molar-refractivity contribution is 6.31. The van der Waals surface area contributed by atoms with Crippen LogP contribution in [0.15, 0.2) is 36.4 Å². The van der Waals surface area contributed by atoms with Gasteiger partial charge in [-0.3, -0.25) is 9.59 Å². The number of halogens is 1. The van der Waals surface area contributed by atoms with Gasteiger partial charge in [-0.25, -0.2) is 4.98 Å². The fourth-order valence-corrected chi connectivity index (χ4v) is 3.52. The lowest BCUT2D eigenvalue weighted by Crippen LogP contribution is -2.49. The molecule has 27 heavy (non-hydrogen) atoms. The van der Waals surface area contributed by atoms with Crippen molar-refractivity contribution in [2.45, 2.75) is 13.0 Å². The summed E-state index contributed by atoms with van der Waals surface area (Å²) < 4.78 is 0. The molecule has 6 nitrogen and oxygen atoms in total. The Morgan fingerprint density at radius 2 is 1.96 bits per heavy atom. The number of nitrogens with zero attached hydrogens (tertiary/aromatic N) is 3. The number of carbonyl (C=O) groups is 2. The van der Waals surface area contributed by atoms with E-state index in [0.29, 0.717) is 35.1 Å². The largest absolute Gasteiger partial charge is 0.343 e. The van der Waals surface area contributed by atoms with E-state index in [-0.39, 0.29) is 17.9 Å². The predicted molar refractivity (Wildman–Crippen MR) is 105 cm³/mol. The summed E-state index contributed by atoms with van der Waals surface area (Å²) in [5.41, 5.74) is 2.30. The van der Waals surface area contributed by atoms with Crippen LogP contribution in [0.1, 0.15) is 38.1 Å². The second kappa shape index (κ2) is 8.06. The van der Waals surface area contributed by atoms with Gasteiger partial charge in [-0.05, 0) is 30.7 Å². The molecule has 2 amide bonds. The number of carbonyl (C=O) groups excluding carboxylic acids is 2. The lowest BCUT2D eigenvalue weighted by Gasteiger charge is -2.37. The average molecular weight is 387 g/mol. The molecule has 1 aliphatic rings. The maximum atomic E-state index is 13.3. The van der Waals surface area contributed by atoms with Crippen molar-refractivity contribution in [2.24, 2.45) is 0 Å². The van der Waals surface area contributed by atoms with Crippen LogP contribution in [0, 0.1) is 6.92 Å². The number of aromatic nitrogens is 1. The molecule has 1 unspecified atom stereocenters. The molecule has 142 valence electrons. The zero-order chi connectivity index (χ0) is 19.6. The van der Waals surface area contributed by atoms with Crippen molar-refractivity contribution >= 4 is 23.4 Å². The molecule has 0 aliphatic carbocycles. The van der Waals surface area contributed by atoms with E-state index in [1.807, 2.05) is 29.2 Å². The van der Waals surface area contributed by atoms with Crippen LogP contribution in [-0.2, 0) is 0 Å². The Bertz CT molecular complexity index is 869. The summed E-state index contributed by atoms with van der Waals surface area (Å²) in [6.07, 6.45) is 0. The van der Waals surface area contributed by atoms with Gasteiger partial charge >= 0.3 is 0 Å². The number of nitrogens with one attached hydrogen (secondary N) is 1. The molecule has 1 N–H and O–H groups in total. The highest BCUT2D eigenvalue weighted by Gasteiger charge is 2.31. The Kier molecular flexibility index (Phi) is 5.77. The molecule has 1 fully saturated rings. The third kappa shape index (κ3) is 3.96. The van der Waals surface area contributed by atoms with Gasteiger partial charge in [-0.1, -0.05) is 29.8 Å². The topological polar surface area (TPSA) is 65.5 Å². The Hall–Kier alpha value is -2.44. The first kappa shape index (κ1) is 19.3. The number of amides is 2. The summed E-state index contributed by atoms with van der Waals surface area (Å²) in [5, 5.41) is 3.97. The monoisotopic (exact) mass is 386 g/mol. The maximum Gasteiger partial charge on any atom is 0.271 e. The zero-order valence-electron chi connectivity index (χ0n) is 15.7. The van der Waals surface area contributed by atoms with Crippen molar-refractivity contribution in [1.82, 2.24) is 20.1 Å². The summed E-state index contributed by atoms with van der Waals surface area (Å²) in [6, 6.07) is 10.7. The fraction of sp³-hybridized carbons (Fsp3) is 0.350. The molecule has 1 aliphatic heterocycles. The van der Waals surface area contributed by atoms with Crippen molar-refractivity contribution in [3.05, 3.63) is 63.9 Å². The first-order chi connectivity index (χ1) is 12.9. The second-order valence-electron chi connectivity index (χ2n) is 6.77. The standard InChI is InChI=1S/C20H23ClN4O2/c1-13-14(8-9-17(23-13)20(27)24(2)3)19(26)25-11-10-22-12-18(25)15-6-4-5-7-16(15)21/h4-9,18,22H,10-12H2,1-3H3. The molecule has 1 atom stereocenters. The highest BCUT2D eigenvalue weighted by atomic mass is 35.5. The van der Waals surface area contributed by atoms with Crippen LogP contribution in [0.2, 0.25) is 5.02 Å². The Labute approximate surface area is 164 Å². The van der Waals surface area contributed by atoms with Crippen molar-refractivity contribution in [3.8, 4) is 0 Å². The van der Waals surface area contributed by atoms with E-state index in [1.54, 1.807) is 33.2 Å². The molecule has 1 saturated heterocycles. The molecular formula is C20H23ClN4O2. The maximum absolute atomic E-state index is 13.3. The summed E-state index contributed by atoms with van der Waals surface area (Å²) >= 11 is 6.37. The molecule has 0 saturated carbocycles. The van der Waals surface area contributed by atoms with Crippen LogP contribution in [0.25, 0.3) is 0 Å². The molecule has 2 aromatic rings. The van der Waals surface area contributed by atoms with Gasteiger partial charge in [0.2, 0.25) is 0 Å². The normalized spacial score (nSPS) is 16.9. The summed E-state index contributed by atoms with van der Waals surface area (Å²) in [5.74, 6) is -0.288. The van der Waals surface area contributed by atoms with Crippen LogP contribution < -0.4 is 5.32 Å². The Morgan fingerprint density at radius 1 is 1.22 bits per heavy atom. The van der Waals surface area contributed by atoms with Crippen molar-refractivity contribution in [1.29, 1.82) is 0 Å².